The zero-order valence-electron chi connectivity index (χ0n) is 16.6. The molecule has 0 radical (unpaired) electrons. The van der Waals surface area contributed by atoms with Crippen molar-refractivity contribution in [3.05, 3.63) is 42.6 Å². The van der Waals surface area contributed by atoms with Gasteiger partial charge in [0.1, 0.15) is 0 Å². The number of hydrogen-bond donors (Lipinski definition) is 0. The first kappa shape index (κ1) is 20.2. The molecule has 0 heterocycles. The summed E-state index contributed by atoms with van der Waals surface area (Å²) in [6.07, 6.45) is 1.18. The van der Waals surface area contributed by atoms with E-state index in [9.17, 15) is 0 Å². The summed E-state index contributed by atoms with van der Waals surface area (Å²) in [5, 5.41) is 0. The van der Waals surface area contributed by atoms with Crippen molar-refractivity contribution in [3.63, 3.8) is 0 Å². The van der Waals surface area contributed by atoms with E-state index in [2.05, 4.69) is 102 Å². The number of para-hydroxylation sites is 1. The molecule has 0 aliphatic heterocycles. The number of benzene rings is 1. The Morgan fingerprint density at radius 2 is 1.35 bits per heavy atom. The lowest BCUT2D eigenvalue weighted by atomic mass is 10.3. The Bertz CT molecular complexity index is 470. The lowest BCUT2D eigenvalue weighted by molar-refractivity contribution is 0.786. The van der Waals surface area contributed by atoms with Gasteiger partial charge in [0.15, 0.2) is 8.24 Å². The molecule has 0 unspecified atom stereocenters. The number of rotatable bonds is 8. The molecule has 0 aliphatic rings. The summed E-state index contributed by atoms with van der Waals surface area (Å²) in [4.78, 5) is 0. The van der Waals surface area contributed by atoms with Gasteiger partial charge in [-0.1, -0.05) is 72.8 Å². The normalized spacial score (nSPS) is 13.0. The third-order valence-electron chi connectivity index (χ3n) is 5.43. The van der Waals surface area contributed by atoms with Crippen LogP contribution >= 0.6 is 0 Å². The Balaban J connectivity index is 3.54. The quantitative estimate of drug-likeness (QED) is 0.476. The topological polar surface area (TPSA) is 3.24 Å². The maximum Gasteiger partial charge on any atom is 0.163 e. The molecule has 0 saturated carbocycles. The summed E-state index contributed by atoms with van der Waals surface area (Å²) in [7, 11) is -3.15. The standard InChI is InChI=1S/C20H37NSi2/c1-10-22(8,9)16-21(20-14-12-11-13-15-20)23(17(2)3,18(4)5)19(6)7/h10-15,17-19H,1,16H2,2-9H3. The van der Waals surface area contributed by atoms with E-state index >= 15 is 0 Å². The Morgan fingerprint density at radius 3 is 1.70 bits per heavy atom. The third kappa shape index (κ3) is 4.18. The summed E-state index contributed by atoms with van der Waals surface area (Å²) < 4.78 is 2.86. The van der Waals surface area contributed by atoms with Gasteiger partial charge in [0.05, 0.1) is 8.07 Å². The fraction of sp³-hybridized carbons (Fsp3) is 0.600. The number of nitrogens with zero attached hydrogens (tertiary/aromatic N) is 1. The van der Waals surface area contributed by atoms with Crippen LogP contribution in [0.25, 0.3) is 0 Å². The number of hydrogen-bond acceptors (Lipinski definition) is 1. The van der Waals surface area contributed by atoms with Gasteiger partial charge in [0.2, 0.25) is 0 Å². The van der Waals surface area contributed by atoms with E-state index < -0.39 is 16.3 Å². The van der Waals surface area contributed by atoms with Crippen LogP contribution in [0.3, 0.4) is 0 Å². The van der Waals surface area contributed by atoms with Gasteiger partial charge >= 0.3 is 0 Å². The van der Waals surface area contributed by atoms with Gasteiger partial charge < -0.3 is 4.57 Å². The van der Waals surface area contributed by atoms with E-state index in [1.807, 2.05) is 0 Å². The highest BCUT2D eigenvalue weighted by Crippen LogP contribution is 2.46. The first-order valence-electron chi connectivity index (χ1n) is 9.05. The van der Waals surface area contributed by atoms with Crippen LogP contribution in [0.15, 0.2) is 42.6 Å². The highest BCUT2D eigenvalue weighted by atomic mass is 28.3. The van der Waals surface area contributed by atoms with Gasteiger partial charge in [0.25, 0.3) is 0 Å². The molecule has 0 spiro atoms. The van der Waals surface area contributed by atoms with E-state index in [4.69, 9.17) is 0 Å². The minimum Gasteiger partial charge on any atom is -0.399 e. The highest BCUT2D eigenvalue weighted by molar-refractivity contribution is 6.90. The smallest absolute Gasteiger partial charge is 0.163 e. The Hall–Kier alpha value is -0.806. The van der Waals surface area contributed by atoms with Crippen LogP contribution in [0, 0.1) is 0 Å². The molecule has 130 valence electrons. The van der Waals surface area contributed by atoms with Crippen LogP contribution in [-0.4, -0.2) is 22.5 Å². The number of anilines is 1. The zero-order chi connectivity index (χ0) is 17.8. The molecule has 0 bridgehead atoms. The molecule has 1 rings (SSSR count). The summed E-state index contributed by atoms with van der Waals surface area (Å²) >= 11 is 0. The van der Waals surface area contributed by atoms with E-state index in [1.165, 1.54) is 11.9 Å². The molecule has 0 aromatic heterocycles. The molecule has 1 aromatic rings. The fourth-order valence-electron chi connectivity index (χ4n) is 4.47. The van der Waals surface area contributed by atoms with Gasteiger partial charge in [0, 0.05) is 11.9 Å². The van der Waals surface area contributed by atoms with Gasteiger partial charge in [-0.05, 0) is 28.8 Å². The van der Waals surface area contributed by atoms with Gasteiger partial charge in [-0.2, -0.15) is 0 Å². The summed E-state index contributed by atoms with van der Waals surface area (Å²) in [5.41, 5.74) is 5.83. The van der Waals surface area contributed by atoms with Gasteiger partial charge in [-0.15, -0.1) is 12.3 Å². The average Bonchev–Trinajstić information content (AvgIpc) is 2.46. The van der Waals surface area contributed by atoms with Crippen molar-refractivity contribution < 1.29 is 0 Å². The Labute approximate surface area is 146 Å². The minimum atomic E-state index is -1.70. The van der Waals surface area contributed by atoms with Crippen molar-refractivity contribution in [2.75, 3.05) is 10.7 Å². The first-order chi connectivity index (χ1) is 10.6. The van der Waals surface area contributed by atoms with E-state index in [-0.39, 0.29) is 0 Å². The minimum absolute atomic E-state index is 0.720. The molecule has 0 N–H and O–H groups in total. The second-order valence-electron chi connectivity index (χ2n) is 8.47. The molecule has 3 heteroatoms. The van der Waals surface area contributed by atoms with Crippen LogP contribution in [0.2, 0.25) is 29.7 Å². The van der Waals surface area contributed by atoms with Crippen molar-refractivity contribution in [2.45, 2.75) is 71.3 Å². The van der Waals surface area contributed by atoms with E-state index in [1.54, 1.807) is 0 Å². The largest absolute Gasteiger partial charge is 0.399 e. The monoisotopic (exact) mass is 347 g/mol. The average molecular weight is 348 g/mol. The Morgan fingerprint density at radius 1 is 0.913 bits per heavy atom. The molecular formula is C20H37NSi2. The lowest BCUT2D eigenvalue weighted by Crippen LogP contribution is -2.64. The second kappa shape index (κ2) is 7.84. The van der Waals surface area contributed by atoms with Crippen LogP contribution < -0.4 is 4.57 Å². The molecule has 0 fully saturated rings. The Kier molecular flexibility index (Phi) is 6.90. The molecular weight excluding hydrogens is 310 g/mol. The van der Waals surface area contributed by atoms with Crippen molar-refractivity contribution in [2.24, 2.45) is 0 Å². The van der Waals surface area contributed by atoms with Crippen molar-refractivity contribution in [1.29, 1.82) is 0 Å². The maximum absolute atomic E-state index is 4.15. The van der Waals surface area contributed by atoms with Gasteiger partial charge in [-0.25, -0.2) is 0 Å². The lowest BCUT2D eigenvalue weighted by Gasteiger charge is -2.54. The molecule has 0 saturated heterocycles. The van der Waals surface area contributed by atoms with Crippen molar-refractivity contribution in [3.8, 4) is 0 Å². The van der Waals surface area contributed by atoms with Crippen LogP contribution in [0.1, 0.15) is 41.5 Å². The maximum atomic E-state index is 4.15. The molecule has 0 aliphatic carbocycles. The summed E-state index contributed by atoms with van der Waals surface area (Å²) in [6.45, 7) is 23.7. The van der Waals surface area contributed by atoms with Crippen molar-refractivity contribution >= 4 is 22.0 Å². The summed E-state index contributed by atoms with van der Waals surface area (Å²) in [6, 6.07) is 11.1. The molecule has 1 nitrogen and oxygen atoms in total. The van der Waals surface area contributed by atoms with Crippen molar-refractivity contribution in [1.82, 2.24) is 0 Å². The first-order valence-corrected chi connectivity index (χ1v) is 14.5. The fourth-order valence-corrected chi connectivity index (χ4v) is 14.4. The third-order valence-corrected chi connectivity index (χ3v) is 14.9. The van der Waals surface area contributed by atoms with Gasteiger partial charge in [-0.3, -0.25) is 0 Å². The zero-order valence-corrected chi connectivity index (χ0v) is 18.6. The van der Waals surface area contributed by atoms with E-state index in [0.717, 1.165) is 16.6 Å². The van der Waals surface area contributed by atoms with Crippen LogP contribution in [-0.2, 0) is 0 Å². The molecule has 0 amide bonds. The molecule has 23 heavy (non-hydrogen) atoms. The predicted molar refractivity (Wildman–Crippen MR) is 113 cm³/mol. The SMILES string of the molecule is C=C[Si](C)(C)CN(c1ccccc1)[Si](C(C)C)(C(C)C)C(C)C. The van der Waals surface area contributed by atoms with Crippen LogP contribution in [0.5, 0.6) is 0 Å². The van der Waals surface area contributed by atoms with Crippen LogP contribution in [0.4, 0.5) is 5.69 Å². The van der Waals surface area contributed by atoms with E-state index in [0.29, 0.717) is 0 Å². The summed E-state index contributed by atoms with van der Waals surface area (Å²) in [5.74, 6) is 0. The highest BCUT2D eigenvalue weighted by Gasteiger charge is 2.49. The predicted octanol–water partition coefficient (Wildman–Crippen LogP) is 6.64. The second-order valence-corrected chi connectivity index (χ2v) is 18.9. The molecule has 0 atom stereocenters. The molecule has 1 aromatic carbocycles.